The van der Waals surface area contributed by atoms with E-state index in [1.165, 1.54) is 0 Å². The van der Waals surface area contributed by atoms with Gasteiger partial charge in [-0.2, -0.15) is 0 Å². The van der Waals surface area contributed by atoms with Gasteiger partial charge in [0.05, 0.1) is 10.8 Å². The van der Waals surface area contributed by atoms with Crippen molar-refractivity contribution in [1.29, 1.82) is 0 Å². The first-order valence-corrected chi connectivity index (χ1v) is 7.15. The Morgan fingerprint density at radius 2 is 1.94 bits per heavy atom. The zero-order valence-corrected chi connectivity index (χ0v) is 10.3. The molecule has 2 heterocycles. The lowest BCUT2D eigenvalue weighted by Gasteiger charge is -2.21. The molecule has 2 aliphatic heterocycles. The predicted molar refractivity (Wildman–Crippen MR) is 64.9 cm³/mol. The maximum absolute atomic E-state index is 12.1. The predicted octanol–water partition coefficient (Wildman–Crippen LogP) is 1.36. The van der Waals surface area contributed by atoms with Crippen molar-refractivity contribution >= 4 is 10.8 Å². The molecular weight excluding hydrogens is 238 g/mol. The van der Waals surface area contributed by atoms with Crippen LogP contribution in [0, 0.1) is 0 Å². The topological polar surface area (TPSA) is 61.6 Å². The van der Waals surface area contributed by atoms with Gasteiger partial charge in [0.2, 0.25) is 0 Å². The van der Waals surface area contributed by atoms with Gasteiger partial charge in [0, 0.05) is 22.8 Å². The zero-order chi connectivity index (χ0) is 11.8. The highest BCUT2D eigenvalue weighted by Gasteiger charge is 2.24. The van der Waals surface area contributed by atoms with Crippen molar-refractivity contribution < 1.29 is 13.7 Å². The molecule has 0 aromatic heterocycles. The number of rotatable bonds is 0. The van der Waals surface area contributed by atoms with Crippen LogP contribution in [-0.4, -0.2) is 23.2 Å². The van der Waals surface area contributed by atoms with Crippen molar-refractivity contribution in [2.45, 2.75) is 23.8 Å². The Hall–Kier alpha value is -1.07. The van der Waals surface area contributed by atoms with Crippen LogP contribution in [-0.2, 0) is 10.8 Å². The molecule has 0 saturated carbocycles. The molecule has 0 fully saturated rings. The number of ether oxygens (including phenoxy) is 2. The Bertz CT molecular complexity index is 475. The largest absolute Gasteiger partial charge is 0.486 e. The summed E-state index contributed by atoms with van der Waals surface area (Å²) in [6.07, 6.45) is 1.77. The molecular formula is C12H15NO3S. The van der Waals surface area contributed by atoms with Crippen LogP contribution in [0.4, 0.5) is 0 Å². The summed E-state index contributed by atoms with van der Waals surface area (Å²) < 4.78 is 23.1. The van der Waals surface area contributed by atoms with Crippen molar-refractivity contribution in [3.05, 3.63) is 17.7 Å². The lowest BCUT2D eigenvalue weighted by Crippen LogP contribution is -2.17. The molecule has 2 aliphatic rings. The van der Waals surface area contributed by atoms with E-state index in [0.717, 1.165) is 29.1 Å². The first-order chi connectivity index (χ1) is 8.25. The van der Waals surface area contributed by atoms with E-state index in [0.29, 0.717) is 24.7 Å². The lowest BCUT2D eigenvalue weighted by atomic mass is 10.0. The fourth-order valence-electron chi connectivity index (χ4n) is 2.27. The molecule has 0 saturated heterocycles. The van der Waals surface area contributed by atoms with E-state index < -0.39 is 10.8 Å². The van der Waals surface area contributed by atoms with Crippen LogP contribution in [0.1, 0.15) is 24.4 Å². The smallest absolute Gasteiger partial charge is 0.162 e. The SMILES string of the molecule is NC1CCCS(=O)c2cc3c(cc21)OCCO3. The van der Waals surface area contributed by atoms with Gasteiger partial charge in [0.15, 0.2) is 11.5 Å². The molecule has 4 nitrogen and oxygen atoms in total. The van der Waals surface area contributed by atoms with Crippen LogP contribution < -0.4 is 15.2 Å². The Morgan fingerprint density at radius 3 is 2.71 bits per heavy atom. The standard InChI is InChI=1S/C12H15NO3S/c13-9-2-1-5-17(14)12-7-11-10(6-8(9)12)15-3-4-16-11/h6-7,9H,1-5,13H2. The minimum absolute atomic E-state index is 0.0488. The minimum atomic E-state index is -0.967. The monoisotopic (exact) mass is 253 g/mol. The van der Waals surface area contributed by atoms with E-state index in [1.807, 2.05) is 12.1 Å². The molecule has 2 unspecified atom stereocenters. The third-order valence-corrected chi connectivity index (χ3v) is 4.67. The average Bonchev–Trinajstić information content (AvgIpc) is 2.48. The van der Waals surface area contributed by atoms with Crippen molar-refractivity contribution in [3.8, 4) is 11.5 Å². The summed E-state index contributed by atoms with van der Waals surface area (Å²) in [6, 6.07) is 3.69. The van der Waals surface area contributed by atoms with Crippen LogP contribution in [0.3, 0.4) is 0 Å². The molecule has 3 rings (SSSR count). The molecule has 1 aromatic carbocycles. The fraction of sp³-hybridized carbons (Fsp3) is 0.500. The van der Waals surface area contributed by atoms with Gasteiger partial charge in [0.1, 0.15) is 13.2 Å². The summed E-state index contributed by atoms with van der Waals surface area (Å²) in [5.74, 6) is 2.10. The number of benzene rings is 1. The Kier molecular flexibility index (Phi) is 2.80. The summed E-state index contributed by atoms with van der Waals surface area (Å²) in [5.41, 5.74) is 7.06. The van der Waals surface area contributed by atoms with E-state index in [9.17, 15) is 4.21 Å². The van der Waals surface area contributed by atoms with E-state index in [1.54, 1.807) is 0 Å². The van der Waals surface area contributed by atoms with Gasteiger partial charge in [-0.25, -0.2) is 0 Å². The second kappa shape index (κ2) is 4.31. The zero-order valence-electron chi connectivity index (χ0n) is 9.48. The van der Waals surface area contributed by atoms with Crippen molar-refractivity contribution in [2.24, 2.45) is 5.73 Å². The van der Waals surface area contributed by atoms with E-state index >= 15 is 0 Å². The van der Waals surface area contributed by atoms with Gasteiger partial charge in [-0.3, -0.25) is 4.21 Å². The van der Waals surface area contributed by atoms with E-state index in [-0.39, 0.29) is 6.04 Å². The minimum Gasteiger partial charge on any atom is -0.486 e. The molecule has 5 heteroatoms. The van der Waals surface area contributed by atoms with Crippen LogP contribution in [0.15, 0.2) is 17.0 Å². The molecule has 0 bridgehead atoms. The lowest BCUT2D eigenvalue weighted by molar-refractivity contribution is 0.170. The maximum atomic E-state index is 12.1. The molecule has 0 aliphatic carbocycles. The van der Waals surface area contributed by atoms with Crippen LogP contribution >= 0.6 is 0 Å². The molecule has 0 radical (unpaired) electrons. The third kappa shape index (κ3) is 1.93. The quantitative estimate of drug-likeness (QED) is 0.758. The number of fused-ring (bicyclic) bond motifs is 2. The summed E-state index contributed by atoms with van der Waals surface area (Å²) in [7, 11) is -0.967. The Morgan fingerprint density at radius 1 is 1.24 bits per heavy atom. The molecule has 17 heavy (non-hydrogen) atoms. The van der Waals surface area contributed by atoms with Gasteiger partial charge >= 0.3 is 0 Å². The van der Waals surface area contributed by atoms with Crippen LogP contribution in [0.25, 0.3) is 0 Å². The third-order valence-electron chi connectivity index (χ3n) is 3.16. The number of hydrogen-bond donors (Lipinski definition) is 1. The molecule has 1 aromatic rings. The maximum Gasteiger partial charge on any atom is 0.162 e. The van der Waals surface area contributed by atoms with Gasteiger partial charge in [-0.15, -0.1) is 0 Å². The van der Waals surface area contributed by atoms with Crippen LogP contribution in [0.5, 0.6) is 11.5 Å². The second-order valence-corrected chi connectivity index (χ2v) is 5.87. The normalized spacial score (nSPS) is 27.1. The summed E-state index contributed by atoms with van der Waals surface area (Å²) in [6.45, 7) is 1.11. The summed E-state index contributed by atoms with van der Waals surface area (Å²) >= 11 is 0. The average molecular weight is 253 g/mol. The molecule has 2 atom stereocenters. The molecule has 0 amide bonds. The summed E-state index contributed by atoms with van der Waals surface area (Å²) in [5, 5.41) is 0. The Balaban J connectivity index is 2.13. The van der Waals surface area contributed by atoms with E-state index in [2.05, 4.69) is 0 Å². The highest BCUT2D eigenvalue weighted by atomic mass is 32.2. The fourth-order valence-corrected chi connectivity index (χ4v) is 3.63. The number of nitrogens with two attached hydrogens (primary N) is 1. The van der Waals surface area contributed by atoms with E-state index in [4.69, 9.17) is 15.2 Å². The van der Waals surface area contributed by atoms with Crippen LogP contribution in [0.2, 0.25) is 0 Å². The highest BCUT2D eigenvalue weighted by molar-refractivity contribution is 7.85. The van der Waals surface area contributed by atoms with Gasteiger partial charge in [0.25, 0.3) is 0 Å². The van der Waals surface area contributed by atoms with Crippen molar-refractivity contribution in [2.75, 3.05) is 19.0 Å². The van der Waals surface area contributed by atoms with Crippen molar-refractivity contribution in [1.82, 2.24) is 0 Å². The first-order valence-electron chi connectivity index (χ1n) is 5.83. The van der Waals surface area contributed by atoms with Gasteiger partial charge in [-0.05, 0) is 24.5 Å². The molecule has 2 N–H and O–H groups in total. The molecule has 0 spiro atoms. The highest BCUT2D eigenvalue weighted by Crippen LogP contribution is 2.38. The number of hydrogen-bond acceptors (Lipinski definition) is 4. The molecule has 92 valence electrons. The Labute approximate surface area is 103 Å². The van der Waals surface area contributed by atoms with Crippen molar-refractivity contribution in [3.63, 3.8) is 0 Å². The first kappa shape index (κ1) is 11.0. The van der Waals surface area contributed by atoms with Gasteiger partial charge < -0.3 is 15.2 Å². The second-order valence-electron chi connectivity index (χ2n) is 4.33. The van der Waals surface area contributed by atoms with Gasteiger partial charge in [-0.1, -0.05) is 0 Å². The summed E-state index contributed by atoms with van der Waals surface area (Å²) in [4.78, 5) is 0.819.